The van der Waals surface area contributed by atoms with Gasteiger partial charge in [-0.2, -0.15) is 11.8 Å². The Bertz CT molecular complexity index is 258. The molecular formula is C11H19NS2. The minimum atomic E-state index is 0.621. The van der Waals surface area contributed by atoms with Crippen LogP contribution in [0.5, 0.6) is 0 Å². The highest BCUT2D eigenvalue weighted by Gasteiger charge is 2.07. The van der Waals surface area contributed by atoms with Crippen LogP contribution in [-0.4, -0.2) is 10.7 Å². The molecule has 0 amide bonds. The summed E-state index contributed by atoms with van der Waals surface area (Å²) in [7, 11) is 0. The molecule has 0 aliphatic carbocycles. The van der Waals surface area contributed by atoms with Crippen molar-refractivity contribution in [2.75, 3.05) is 5.75 Å². The van der Waals surface area contributed by atoms with Gasteiger partial charge < -0.3 is 0 Å². The zero-order valence-electron chi connectivity index (χ0n) is 9.25. The van der Waals surface area contributed by atoms with Gasteiger partial charge in [-0.15, -0.1) is 11.3 Å². The second kappa shape index (κ2) is 6.46. The van der Waals surface area contributed by atoms with Crippen molar-refractivity contribution in [1.29, 1.82) is 0 Å². The molecule has 1 unspecified atom stereocenters. The highest BCUT2D eigenvalue weighted by molar-refractivity contribution is 7.98. The van der Waals surface area contributed by atoms with Gasteiger partial charge in [0.25, 0.3) is 0 Å². The summed E-state index contributed by atoms with van der Waals surface area (Å²) < 4.78 is 0. The number of rotatable bonds is 6. The van der Waals surface area contributed by atoms with Crippen LogP contribution in [-0.2, 0) is 5.75 Å². The Morgan fingerprint density at radius 1 is 1.50 bits per heavy atom. The van der Waals surface area contributed by atoms with Gasteiger partial charge in [0, 0.05) is 11.1 Å². The molecule has 0 aromatic carbocycles. The number of hydrogen-bond donors (Lipinski definition) is 0. The fourth-order valence-electron chi connectivity index (χ4n) is 1.13. The van der Waals surface area contributed by atoms with Crippen molar-refractivity contribution in [3.05, 3.63) is 16.1 Å². The molecule has 0 radical (unpaired) electrons. The lowest BCUT2D eigenvalue weighted by Gasteiger charge is -2.02. The van der Waals surface area contributed by atoms with E-state index < -0.39 is 0 Å². The van der Waals surface area contributed by atoms with Crippen molar-refractivity contribution in [1.82, 2.24) is 4.98 Å². The molecule has 1 aromatic rings. The van der Waals surface area contributed by atoms with Gasteiger partial charge >= 0.3 is 0 Å². The smallest absolute Gasteiger partial charge is 0.103 e. The molecule has 0 aliphatic rings. The zero-order valence-corrected chi connectivity index (χ0v) is 10.9. The van der Waals surface area contributed by atoms with Gasteiger partial charge in [-0.05, 0) is 24.5 Å². The highest BCUT2D eigenvalue weighted by atomic mass is 32.2. The average Bonchev–Trinajstić information content (AvgIpc) is 2.66. The molecule has 0 saturated carbocycles. The summed E-state index contributed by atoms with van der Waals surface area (Å²) in [5.41, 5.74) is 1.28. The first-order chi connectivity index (χ1) is 6.77. The van der Waals surface area contributed by atoms with Crippen LogP contribution in [0.25, 0.3) is 0 Å². The highest BCUT2D eigenvalue weighted by Crippen LogP contribution is 2.23. The molecule has 1 atom stereocenters. The molecule has 1 aromatic heterocycles. The molecule has 0 bridgehead atoms. The van der Waals surface area contributed by atoms with Crippen molar-refractivity contribution in [3.63, 3.8) is 0 Å². The van der Waals surface area contributed by atoms with E-state index in [1.54, 1.807) is 0 Å². The second-order valence-electron chi connectivity index (χ2n) is 3.53. The lowest BCUT2D eigenvalue weighted by atomic mass is 10.1. The summed E-state index contributed by atoms with van der Waals surface area (Å²) in [4.78, 5) is 4.65. The molecular weight excluding hydrogens is 210 g/mol. The molecule has 0 N–H and O–H groups in total. The average molecular weight is 229 g/mol. The van der Waals surface area contributed by atoms with Gasteiger partial charge in [0.2, 0.25) is 0 Å². The SMILES string of the molecule is CCCSCc1nc(C(C)CC)cs1. The molecule has 0 fully saturated rings. The Labute approximate surface area is 95.3 Å². The number of thioether (sulfide) groups is 1. The molecule has 80 valence electrons. The first kappa shape index (κ1) is 12.1. The molecule has 1 nitrogen and oxygen atoms in total. The first-order valence-corrected chi connectivity index (χ1v) is 7.33. The van der Waals surface area contributed by atoms with Gasteiger partial charge in [0.15, 0.2) is 0 Å². The summed E-state index contributed by atoms with van der Waals surface area (Å²) in [6, 6.07) is 0. The van der Waals surface area contributed by atoms with E-state index in [4.69, 9.17) is 0 Å². The Balaban J connectivity index is 2.42. The minimum Gasteiger partial charge on any atom is -0.245 e. The monoisotopic (exact) mass is 229 g/mol. The quantitative estimate of drug-likeness (QED) is 0.675. The van der Waals surface area contributed by atoms with Crippen LogP contribution in [0.4, 0.5) is 0 Å². The minimum absolute atomic E-state index is 0.621. The Hall–Kier alpha value is -0.0200. The van der Waals surface area contributed by atoms with Crippen LogP contribution in [0, 0.1) is 0 Å². The Morgan fingerprint density at radius 3 is 2.93 bits per heavy atom. The third kappa shape index (κ3) is 3.62. The molecule has 3 heteroatoms. The summed E-state index contributed by atoms with van der Waals surface area (Å²) in [6.45, 7) is 6.69. The largest absolute Gasteiger partial charge is 0.245 e. The van der Waals surface area contributed by atoms with Crippen LogP contribution >= 0.6 is 23.1 Å². The van der Waals surface area contributed by atoms with Crippen LogP contribution in [0.15, 0.2) is 5.38 Å². The molecule has 14 heavy (non-hydrogen) atoms. The van der Waals surface area contributed by atoms with Crippen molar-refractivity contribution >= 4 is 23.1 Å². The Morgan fingerprint density at radius 2 is 2.29 bits per heavy atom. The van der Waals surface area contributed by atoms with Crippen molar-refractivity contribution in [2.24, 2.45) is 0 Å². The molecule has 1 heterocycles. The maximum atomic E-state index is 4.65. The number of aromatic nitrogens is 1. The maximum Gasteiger partial charge on any atom is 0.103 e. The number of nitrogens with zero attached hydrogens (tertiary/aromatic N) is 1. The van der Waals surface area contributed by atoms with Crippen LogP contribution in [0.2, 0.25) is 0 Å². The van der Waals surface area contributed by atoms with E-state index in [2.05, 4.69) is 31.1 Å². The third-order valence-electron chi connectivity index (χ3n) is 2.26. The van der Waals surface area contributed by atoms with E-state index in [1.165, 1.54) is 29.3 Å². The standard InChI is InChI=1S/C11H19NS2/c1-4-6-13-8-11-12-10(7-14-11)9(3)5-2/h7,9H,4-6,8H2,1-3H3. The van der Waals surface area contributed by atoms with Crippen LogP contribution in [0.1, 0.15) is 50.2 Å². The zero-order chi connectivity index (χ0) is 10.4. The summed E-state index contributed by atoms with van der Waals surface area (Å²) in [5.74, 6) is 2.96. The fraction of sp³-hybridized carbons (Fsp3) is 0.727. The predicted molar refractivity (Wildman–Crippen MR) is 67.3 cm³/mol. The predicted octanol–water partition coefficient (Wildman–Crippen LogP) is 4.30. The van der Waals surface area contributed by atoms with Gasteiger partial charge in [-0.3, -0.25) is 0 Å². The molecule has 1 rings (SSSR count). The molecule has 0 aliphatic heterocycles. The van der Waals surface area contributed by atoms with Gasteiger partial charge in [-0.25, -0.2) is 4.98 Å². The topological polar surface area (TPSA) is 12.9 Å². The lowest BCUT2D eigenvalue weighted by molar-refractivity contribution is 0.711. The fourth-order valence-corrected chi connectivity index (χ4v) is 3.02. The van der Waals surface area contributed by atoms with E-state index >= 15 is 0 Å². The van der Waals surface area contributed by atoms with Gasteiger partial charge in [-0.1, -0.05) is 20.8 Å². The summed E-state index contributed by atoms with van der Waals surface area (Å²) >= 11 is 3.80. The van der Waals surface area contributed by atoms with E-state index in [9.17, 15) is 0 Å². The van der Waals surface area contributed by atoms with E-state index in [1.807, 2.05) is 23.1 Å². The number of thiazole rings is 1. The molecule has 0 spiro atoms. The van der Waals surface area contributed by atoms with Crippen LogP contribution in [0.3, 0.4) is 0 Å². The van der Waals surface area contributed by atoms with E-state index in [0.29, 0.717) is 5.92 Å². The van der Waals surface area contributed by atoms with E-state index in [-0.39, 0.29) is 0 Å². The van der Waals surface area contributed by atoms with Gasteiger partial charge in [0.1, 0.15) is 5.01 Å². The normalized spacial score (nSPS) is 13.1. The van der Waals surface area contributed by atoms with Crippen molar-refractivity contribution in [2.45, 2.75) is 45.3 Å². The molecule has 0 saturated heterocycles. The van der Waals surface area contributed by atoms with Crippen LogP contribution < -0.4 is 0 Å². The number of hydrogen-bond acceptors (Lipinski definition) is 3. The Kier molecular flexibility index (Phi) is 5.56. The third-order valence-corrected chi connectivity index (χ3v) is 4.49. The second-order valence-corrected chi connectivity index (χ2v) is 5.58. The van der Waals surface area contributed by atoms with Crippen molar-refractivity contribution < 1.29 is 0 Å². The summed E-state index contributed by atoms with van der Waals surface area (Å²) in [6.07, 6.45) is 2.44. The first-order valence-electron chi connectivity index (χ1n) is 5.30. The lowest BCUT2D eigenvalue weighted by Crippen LogP contribution is -1.91. The summed E-state index contributed by atoms with van der Waals surface area (Å²) in [5, 5.41) is 3.51. The maximum absolute atomic E-state index is 4.65. The van der Waals surface area contributed by atoms with Crippen molar-refractivity contribution in [3.8, 4) is 0 Å². The van der Waals surface area contributed by atoms with Gasteiger partial charge in [0.05, 0.1) is 5.69 Å². The van der Waals surface area contributed by atoms with E-state index in [0.717, 1.165) is 5.75 Å².